The molecule has 2 aliphatic rings. The number of rotatable bonds is 4. The van der Waals surface area contributed by atoms with E-state index >= 15 is 0 Å². The molecule has 118 valence electrons. The van der Waals surface area contributed by atoms with Gasteiger partial charge in [-0.05, 0) is 50.9 Å². The molecule has 0 aromatic carbocycles. The smallest absolute Gasteiger partial charge is 0.0900 e. The number of fused-ring (bicyclic) bond motifs is 2. The molecule has 0 radical (unpaired) electrons. The second-order valence-electron chi connectivity index (χ2n) is 9.22. The number of ether oxygens (including phenoxy) is 1. The van der Waals surface area contributed by atoms with E-state index < -0.39 is 0 Å². The Hall–Kier alpha value is -0.120. The Kier molecular flexibility index (Phi) is 4.27. The maximum absolute atomic E-state index is 10.2. The van der Waals surface area contributed by atoms with Gasteiger partial charge in [0.15, 0.2) is 0 Å². The van der Waals surface area contributed by atoms with Crippen LogP contribution < -0.4 is 0 Å². The van der Waals surface area contributed by atoms with Crippen molar-refractivity contribution < 1.29 is 9.84 Å². The maximum atomic E-state index is 10.2. The SMILES string of the molecule is CC1(C)CC2CC(C)(CN2CC(O)COC(C)(C)C)C1. The highest BCUT2D eigenvalue weighted by molar-refractivity contribution is 5.02. The Balaban J connectivity index is 1.88. The van der Waals surface area contributed by atoms with E-state index in [2.05, 4.69) is 25.7 Å². The van der Waals surface area contributed by atoms with Crippen LogP contribution in [0.2, 0.25) is 0 Å². The highest BCUT2D eigenvalue weighted by Crippen LogP contribution is 2.52. The topological polar surface area (TPSA) is 32.7 Å². The summed E-state index contributed by atoms with van der Waals surface area (Å²) in [5.41, 5.74) is 0.714. The van der Waals surface area contributed by atoms with Crippen molar-refractivity contribution in [1.82, 2.24) is 4.90 Å². The molecule has 1 N–H and O–H groups in total. The lowest BCUT2D eigenvalue weighted by molar-refractivity contribution is -0.0574. The quantitative estimate of drug-likeness (QED) is 0.860. The monoisotopic (exact) mass is 283 g/mol. The van der Waals surface area contributed by atoms with Gasteiger partial charge in [-0.3, -0.25) is 4.90 Å². The molecule has 0 aromatic rings. The van der Waals surface area contributed by atoms with E-state index in [1.54, 1.807) is 0 Å². The van der Waals surface area contributed by atoms with E-state index in [1.165, 1.54) is 19.3 Å². The van der Waals surface area contributed by atoms with Crippen molar-refractivity contribution >= 4 is 0 Å². The van der Waals surface area contributed by atoms with Crippen LogP contribution in [0.5, 0.6) is 0 Å². The Morgan fingerprint density at radius 1 is 1.25 bits per heavy atom. The summed E-state index contributed by atoms with van der Waals surface area (Å²) in [6, 6.07) is 0.646. The Morgan fingerprint density at radius 3 is 2.50 bits per heavy atom. The lowest BCUT2D eigenvalue weighted by Crippen LogP contribution is -2.40. The van der Waals surface area contributed by atoms with Crippen molar-refractivity contribution in [2.45, 2.75) is 78.6 Å². The summed E-state index contributed by atoms with van der Waals surface area (Å²) in [5.74, 6) is 0. The normalized spacial score (nSPS) is 35.2. The fraction of sp³-hybridized carbons (Fsp3) is 1.00. The third-order valence-electron chi connectivity index (χ3n) is 4.68. The number of aliphatic hydroxyl groups excluding tert-OH is 1. The van der Waals surface area contributed by atoms with E-state index in [4.69, 9.17) is 4.74 Å². The molecule has 1 heterocycles. The lowest BCUT2D eigenvalue weighted by Gasteiger charge is -2.40. The summed E-state index contributed by atoms with van der Waals surface area (Å²) < 4.78 is 5.70. The molecule has 2 rings (SSSR count). The van der Waals surface area contributed by atoms with Gasteiger partial charge in [0.2, 0.25) is 0 Å². The van der Waals surface area contributed by atoms with Crippen LogP contribution in [0.25, 0.3) is 0 Å². The van der Waals surface area contributed by atoms with Crippen LogP contribution >= 0.6 is 0 Å². The van der Waals surface area contributed by atoms with Crippen molar-refractivity contribution in [1.29, 1.82) is 0 Å². The van der Waals surface area contributed by atoms with Gasteiger partial charge < -0.3 is 9.84 Å². The van der Waals surface area contributed by atoms with E-state index in [9.17, 15) is 5.11 Å². The van der Waals surface area contributed by atoms with Gasteiger partial charge in [0.1, 0.15) is 0 Å². The van der Waals surface area contributed by atoms with Crippen LogP contribution in [-0.4, -0.2) is 47.4 Å². The molecule has 3 atom stereocenters. The number of hydrogen-bond acceptors (Lipinski definition) is 3. The molecule has 1 aliphatic heterocycles. The molecule has 0 amide bonds. The number of β-amino-alcohol motifs (C(OH)–C–C–N with tert-alkyl or cyclic N) is 1. The number of aliphatic hydroxyl groups is 1. The number of nitrogens with zero attached hydrogens (tertiary/aromatic N) is 1. The predicted molar refractivity (Wildman–Crippen MR) is 82.8 cm³/mol. The molecule has 0 spiro atoms. The molecular formula is C17H33NO2. The summed E-state index contributed by atoms with van der Waals surface area (Å²) in [5, 5.41) is 10.2. The van der Waals surface area contributed by atoms with Crippen LogP contribution in [0.15, 0.2) is 0 Å². The zero-order chi connectivity index (χ0) is 15.2. The minimum Gasteiger partial charge on any atom is -0.389 e. The Labute approximate surface area is 124 Å². The minimum absolute atomic E-state index is 0.171. The lowest BCUT2D eigenvalue weighted by atomic mass is 9.65. The maximum Gasteiger partial charge on any atom is 0.0900 e. The summed E-state index contributed by atoms with van der Waals surface area (Å²) in [6.07, 6.45) is 3.49. The first kappa shape index (κ1) is 16.3. The van der Waals surface area contributed by atoms with E-state index in [1.807, 2.05) is 20.8 Å². The van der Waals surface area contributed by atoms with Gasteiger partial charge in [0.05, 0.1) is 18.3 Å². The van der Waals surface area contributed by atoms with Gasteiger partial charge >= 0.3 is 0 Å². The molecule has 3 heteroatoms. The molecule has 1 saturated carbocycles. The molecule has 20 heavy (non-hydrogen) atoms. The van der Waals surface area contributed by atoms with Gasteiger partial charge in [-0.2, -0.15) is 0 Å². The average molecular weight is 283 g/mol. The molecule has 3 nitrogen and oxygen atoms in total. The Bertz CT molecular complexity index is 347. The summed E-state index contributed by atoms with van der Waals surface area (Å²) in [4.78, 5) is 2.51. The van der Waals surface area contributed by atoms with Gasteiger partial charge in [0.25, 0.3) is 0 Å². The standard InChI is InChI=1S/C17H33NO2/c1-15(2,3)20-10-14(19)9-18-12-17(6)8-13(18)7-16(4,5)11-17/h13-14,19H,7-12H2,1-6H3. The first-order chi connectivity index (χ1) is 8.98. The second kappa shape index (κ2) is 5.26. The summed E-state index contributed by atoms with van der Waals surface area (Å²) >= 11 is 0. The molecule has 2 fully saturated rings. The molecular weight excluding hydrogens is 250 g/mol. The van der Waals surface area contributed by atoms with Gasteiger partial charge in [-0.1, -0.05) is 20.8 Å². The van der Waals surface area contributed by atoms with Crippen LogP contribution in [0.3, 0.4) is 0 Å². The highest BCUT2D eigenvalue weighted by Gasteiger charge is 2.49. The number of hydrogen-bond donors (Lipinski definition) is 1. The molecule has 3 unspecified atom stereocenters. The summed E-state index contributed by atoms with van der Waals surface area (Å²) in [7, 11) is 0. The second-order valence-corrected chi connectivity index (χ2v) is 9.22. The molecule has 1 saturated heterocycles. The zero-order valence-corrected chi connectivity index (χ0v) is 14.2. The average Bonchev–Trinajstić information content (AvgIpc) is 2.43. The molecule has 0 aromatic heterocycles. The van der Waals surface area contributed by atoms with Crippen molar-refractivity contribution in [3.63, 3.8) is 0 Å². The third-order valence-corrected chi connectivity index (χ3v) is 4.68. The van der Waals surface area contributed by atoms with Crippen molar-refractivity contribution in [3.8, 4) is 0 Å². The van der Waals surface area contributed by atoms with Crippen LogP contribution in [0, 0.1) is 10.8 Å². The van der Waals surface area contributed by atoms with E-state index in [0.29, 0.717) is 23.5 Å². The molecule has 1 aliphatic carbocycles. The summed E-state index contributed by atoms with van der Waals surface area (Å²) in [6.45, 7) is 15.6. The highest BCUT2D eigenvalue weighted by atomic mass is 16.5. The van der Waals surface area contributed by atoms with Crippen molar-refractivity contribution in [2.75, 3.05) is 19.7 Å². The van der Waals surface area contributed by atoms with Gasteiger partial charge in [-0.15, -0.1) is 0 Å². The zero-order valence-electron chi connectivity index (χ0n) is 14.2. The van der Waals surface area contributed by atoms with E-state index in [0.717, 1.165) is 13.1 Å². The number of likely N-dealkylation sites (tertiary alicyclic amines) is 1. The first-order valence-corrected chi connectivity index (χ1v) is 8.04. The Morgan fingerprint density at radius 2 is 1.90 bits per heavy atom. The fourth-order valence-corrected chi connectivity index (χ4v) is 4.46. The van der Waals surface area contributed by atoms with Gasteiger partial charge in [-0.25, -0.2) is 0 Å². The van der Waals surface area contributed by atoms with Gasteiger partial charge in [0, 0.05) is 19.1 Å². The fourth-order valence-electron chi connectivity index (χ4n) is 4.46. The predicted octanol–water partition coefficient (Wildman–Crippen LogP) is 3.06. The van der Waals surface area contributed by atoms with Crippen LogP contribution in [0.1, 0.15) is 60.8 Å². The van der Waals surface area contributed by atoms with Crippen LogP contribution in [0.4, 0.5) is 0 Å². The first-order valence-electron chi connectivity index (χ1n) is 8.04. The van der Waals surface area contributed by atoms with Crippen molar-refractivity contribution in [2.24, 2.45) is 10.8 Å². The third kappa shape index (κ3) is 4.19. The minimum atomic E-state index is -0.375. The van der Waals surface area contributed by atoms with Crippen LogP contribution in [-0.2, 0) is 4.74 Å². The van der Waals surface area contributed by atoms with Crippen molar-refractivity contribution in [3.05, 3.63) is 0 Å². The largest absolute Gasteiger partial charge is 0.389 e. The van der Waals surface area contributed by atoms with E-state index in [-0.39, 0.29) is 11.7 Å². The molecule has 2 bridgehead atoms.